The van der Waals surface area contributed by atoms with E-state index in [0.717, 1.165) is 31.7 Å². The van der Waals surface area contributed by atoms with Gasteiger partial charge in [-0.05, 0) is 19.1 Å². The van der Waals surface area contributed by atoms with E-state index in [1.54, 1.807) is 12.1 Å². The van der Waals surface area contributed by atoms with E-state index in [4.69, 9.17) is 20.9 Å². The summed E-state index contributed by atoms with van der Waals surface area (Å²) >= 11 is 6.08. The molecule has 1 unspecified atom stereocenters. The normalized spacial score (nSPS) is 16.4. The fourth-order valence-electron chi connectivity index (χ4n) is 3.56. The van der Waals surface area contributed by atoms with Gasteiger partial charge < -0.3 is 14.4 Å². The molecule has 0 bridgehead atoms. The number of aryl methyl sites for hydroxylation is 1. The molecule has 1 fully saturated rings. The molecule has 1 aliphatic rings. The van der Waals surface area contributed by atoms with Crippen LogP contribution in [0.1, 0.15) is 11.5 Å². The van der Waals surface area contributed by atoms with Crippen molar-refractivity contribution in [2.24, 2.45) is 0 Å². The average molecular weight is 443 g/mol. The predicted octanol–water partition coefficient (Wildman–Crippen LogP) is 3.26. The number of para-hydroxylation sites is 1. The third kappa shape index (κ3) is 6.04. The largest absolute Gasteiger partial charge is 0.489 e. The highest BCUT2D eigenvalue weighted by Gasteiger charge is 2.21. The van der Waals surface area contributed by atoms with E-state index >= 15 is 0 Å². The number of benzene rings is 2. The van der Waals surface area contributed by atoms with Crippen LogP contribution in [0.15, 0.2) is 53.1 Å². The highest BCUT2D eigenvalue weighted by Crippen LogP contribution is 2.23. The van der Waals surface area contributed by atoms with E-state index < -0.39 is 6.10 Å². The van der Waals surface area contributed by atoms with Gasteiger partial charge in [0.25, 0.3) is 0 Å². The van der Waals surface area contributed by atoms with Gasteiger partial charge in [0.1, 0.15) is 18.5 Å². The third-order valence-electron chi connectivity index (χ3n) is 5.34. The lowest BCUT2D eigenvalue weighted by Crippen LogP contribution is -2.48. The highest BCUT2D eigenvalue weighted by atomic mass is 35.5. The molecule has 4 rings (SSSR count). The molecule has 1 saturated heterocycles. The summed E-state index contributed by atoms with van der Waals surface area (Å²) in [6.07, 6.45) is -0.573. The molecule has 0 amide bonds. The fraction of sp³-hybridized carbons (Fsp3) is 0.391. The Bertz CT molecular complexity index is 971. The molecule has 0 aliphatic carbocycles. The van der Waals surface area contributed by atoms with E-state index in [1.165, 1.54) is 5.56 Å². The number of halogens is 1. The Labute approximate surface area is 187 Å². The lowest BCUT2D eigenvalue weighted by molar-refractivity contribution is 0.0426. The van der Waals surface area contributed by atoms with Crippen LogP contribution in [0, 0.1) is 6.92 Å². The molecule has 1 atom stereocenters. The monoisotopic (exact) mass is 442 g/mol. The first-order valence-corrected chi connectivity index (χ1v) is 10.8. The van der Waals surface area contributed by atoms with E-state index in [9.17, 15) is 5.11 Å². The van der Waals surface area contributed by atoms with Crippen molar-refractivity contribution in [3.05, 3.63) is 65.0 Å². The molecule has 1 aromatic heterocycles. The van der Waals surface area contributed by atoms with Crippen molar-refractivity contribution in [1.82, 2.24) is 19.9 Å². The van der Waals surface area contributed by atoms with Crippen LogP contribution in [0.2, 0.25) is 5.02 Å². The second-order valence-corrected chi connectivity index (χ2v) is 8.26. The Balaban J connectivity index is 1.20. The number of nitrogens with zero attached hydrogens (tertiary/aromatic N) is 4. The fourth-order valence-corrected chi connectivity index (χ4v) is 3.75. The van der Waals surface area contributed by atoms with Gasteiger partial charge in [0, 0.05) is 38.3 Å². The Morgan fingerprint density at radius 3 is 2.52 bits per heavy atom. The molecule has 164 valence electrons. The molecule has 31 heavy (non-hydrogen) atoms. The molecular weight excluding hydrogens is 416 g/mol. The molecule has 0 spiro atoms. The SMILES string of the molecule is Cc1ccc(-c2noc(CN3CCN(CC(O)COc4ccccc4Cl)CC3)n2)cc1. The van der Waals surface area contributed by atoms with Gasteiger partial charge in [-0.2, -0.15) is 4.98 Å². The van der Waals surface area contributed by atoms with Crippen molar-refractivity contribution in [3.63, 3.8) is 0 Å². The van der Waals surface area contributed by atoms with Crippen LogP contribution in [0.5, 0.6) is 5.75 Å². The smallest absolute Gasteiger partial charge is 0.241 e. The maximum absolute atomic E-state index is 10.3. The minimum absolute atomic E-state index is 0.216. The van der Waals surface area contributed by atoms with Gasteiger partial charge in [0.15, 0.2) is 0 Å². The quantitative estimate of drug-likeness (QED) is 0.573. The number of ether oxygens (including phenoxy) is 1. The van der Waals surface area contributed by atoms with Crippen molar-refractivity contribution < 1.29 is 14.4 Å². The predicted molar refractivity (Wildman–Crippen MR) is 119 cm³/mol. The number of aliphatic hydroxyl groups excluding tert-OH is 1. The second-order valence-electron chi connectivity index (χ2n) is 7.85. The van der Waals surface area contributed by atoms with Crippen LogP contribution >= 0.6 is 11.6 Å². The Kier molecular flexibility index (Phi) is 7.19. The molecule has 0 saturated carbocycles. The molecule has 0 radical (unpaired) electrons. The molecule has 3 aromatic rings. The van der Waals surface area contributed by atoms with Crippen LogP contribution in [0.25, 0.3) is 11.4 Å². The van der Waals surface area contributed by atoms with Gasteiger partial charge >= 0.3 is 0 Å². The van der Waals surface area contributed by atoms with E-state index in [1.807, 2.05) is 36.4 Å². The van der Waals surface area contributed by atoms with Crippen LogP contribution in [0.4, 0.5) is 0 Å². The van der Waals surface area contributed by atoms with E-state index in [2.05, 4.69) is 26.9 Å². The first kappa shape index (κ1) is 21.8. The number of piperazine rings is 1. The van der Waals surface area contributed by atoms with Gasteiger partial charge in [-0.3, -0.25) is 9.80 Å². The minimum atomic E-state index is -0.573. The summed E-state index contributed by atoms with van der Waals surface area (Å²) in [5, 5.41) is 15.0. The first-order chi connectivity index (χ1) is 15.1. The van der Waals surface area contributed by atoms with Crippen molar-refractivity contribution >= 4 is 11.6 Å². The summed E-state index contributed by atoms with van der Waals surface area (Å²) in [6.45, 7) is 6.94. The number of hydrogen-bond donors (Lipinski definition) is 1. The second kappa shape index (κ2) is 10.2. The summed E-state index contributed by atoms with van der Waals surface area (Å²) in [5.41, 5.74) is 2.16. The summed E-state index contributed by atoms with van der Waals surface area (Å²) in [6, 6.07) is 15.4. The third-order valence-corrected chi connectivity index (χ3v) is 5.65. The number of β-amino-alcohol motifs (C(OH)–C–C–N with tert-alkyl or cyclic N) is 1. The topological polar surface area (TPSA) is 74.9 Å². The average Bonchev–Trinajstić information content (AvgIpc) is 3.23. The van der Waals surface area contributed by atoms with Gasteiger partial charge in [-0.25, -0.2) is 0 Å². The molecule has 8 heteroatoms. The van der Waals surface area contributed by atoms with Crippen molar-refractivity contribution in [3.8, 4) is 17.1 Å². The van der Waals surface area contributed by atoms with E-state index in [-0.39, 0.29) is 6.61 Å². The van der Waals surface area contributed by atoms with Crippen LogP contribution in [0.3, 0.4) is 0 Å². The summed E-state index contributed by atoms with van der Waals surface area (Å²) in [4.78, 5) is 9.06. The van der Waals surface area contributed by atoms with Crippen molar-refractivity contribution in [2.45, 2.75) is 19.6 Å². The molecule has 1 aliphatic heterocycles. The van der Waals surface area contributed by atoms with Crippen LogP contribution in [-0.4, -0.2) is 70.5 Å². The van der Waals surface area contributed by atoms with Gasteiger partial charge in [0.05, 0.1) is 11.6 Å². The van der Waals surface area contributed by atoms with Crippen LogP contribution in [-0.2, 0) is 6.54 Å². The van der Waals surface area contributed by atoms with Crippen LogP contribution < -0.4 is 4.74 Å². The molecule has 7 nitrogen and oxygen atoms in total. The molecule has 2 aromatic carbocycles. The van der Waals surface area contributed by atoms with E-state index in [0.29, 0.717) is 35.6 Å². The zero-order valence-electron chi connectivity index (χ0n) is 17.6. The van der Waals surface area contributed by atoms with Gasteiger partial charge in [-0.15, -0.1) is 0 Å². The van der Waals surface area contributed by atoms with Gasteiger partial charge in [0.2, 0.25) is 11.7 Å². The summed E-state index contributed by atoms with van der Waals surface area (Å²) in [7, 11) is 0. The van der Waals surface area contributed by atoms with Crippen molar-refractivity contribution in [1.29, 1.82) is 0 Å². The maximum Gasteiger partial charge on any atom is 0.241 e. The molecule has 1 N–H and O–H groups in total. The zero-order chi connectivity index (χ0) is 21.6. The Hall–Kier alpha value is -2.45. The zero-order valence-corrected chi connectivity index (χ0v) is 18.3. The number of rotatable bonds is 8. The first-order valence-electron chi connectivity index (χ1n) is 10.5. The molecule has 2 heterocycles. The minimum Gasteiger partial charge on any atom is -0.489 e. The summed E-state index contributed by atoms with van der Waals surface area (Å²) in [5.74, 6) is 1.84. The lowest BCUT2D eigenvalue weighted by atomic mass is 10.1. The number of aliphatic hydroxyl groups is 1. The maximum atomic E-state index is 10.3. The van der Waals surface area contributed by atoms with Gasteiger partial charge in [-0.1, -0.05) is 58.7 Å². The summed E-state index contributed by atoms with van der Waals surface area (Å²) < 4.78 is 11.1. The van der Waals surface area contributed by atoms with Crippen molar-refractivity contribution in [2.75, 3.05) is 39.3 Å². The molecular formula is C23H27ClN4O3. The standard InChI is InChI=1S/C23H27ClN4O3/c1-17-6-8-18(9-7-17)23-25-22(31-26-23)15-28-12-10-27(11-13-28)14-19(29)16-30-21-5-3-2-4-20(21)24/h2-9,19,29H,10-16H2,1H3. The Morgan fingerprint density at radius 2 is 1.77 bits per heavy atom. The lowest BCUT2D eigenvalue weighted by Gasteiger charge is -2.34. The number of aromatic nitrogens is 2. The Morgan fingerprint density at radius 1 is 1.06 bits per heavy atom. The highest BCUT2D eigenvalue weighted by molar-refractivity contribution is 6.32. The number of hydrogen-bond acceptors (Lipinski definition) is 7.